The number of aromatic amines is 1. The summed E-state index contributed by atoms with van der Waals surface area (Å²) in [7, 11) is 0. The highest BCUT2D eigenvalue weighted by molar-refractivity contribution is 7.71. The zero-order valence-electron chi connectivity index (χ0n) is 14.6. The third-order valence-electron chi connectivity index (χ3n) is 4.40. The SMILES string of the molecule is Cc1c(C)c2ccc(OC(C)c3cc(C(C)C)[nH]n3)cc2oc1=S. The van der Waals surface area contributed by atoms with Crippen LogP contribution in [0.4, 0.5) is 0 Å². The molecule has 24 heavy (non-hydrogen) atoms. The molecule has 0 spiro atoms. The molecule has 2 heterocycles. The maximum absolute atomic E-state index is 6.04. The molecule has 1 atom stereocenters. The lowest BCUT2D eigenvalue weighted by Crippen LogP contribution is -2.03. The van der Waals surface area contributed by atoms with Crippen molar-refractivity contribution in [2.45, 2.75) is 46.6 Å². The van der Waals surface area contributed by atoms with Gasteiger partial charge in [0.25, 0.3) is 0 Å². The number of nitrogens with one attached hydrogen (secondary N) is 1. The molecule has 0 aliphatic carbocycles. The van der Waals surface area contributed by atoms with E-state index in [1.54, 1.807) is 0 Å². The Bertz CT molecular complexity index is 940. The Kier molecular flexibility index (Phi) is 4.45. The fourth-order valence-electron chi connectivity index (χ4n) is 2.62. The molecule has 1 unspecified atom stereocenters. The number of ether oxygens (including phenoxy) is 1. The Labute approximate surface area is 146 Å². The van der Waals surface area contributed by atoms with E-state index >= 15 is 0 Å². The molecule has 0 saturated carbocycles. The first-order valence-electron chi connectivity index (χ1n) is 8.12. The predicted molar refractivity (Wildman–Crippen MR) is 98.2 cm³/mol. The number of nitrogens with zero attached hydrogens (tertiary/aromatic N) is 1. The number of hydrogen-bond acceptors (Lipinski definition) is 4. The summed E-state index contributed by atoms with van der Waals surface area (Å²) in [5, 5.41) is 8.46. The van der Waals surface area contributed by atoms with E-state index in [1.165, 1.54) is 0 Å². The maximum Gasteiger partial charge on any atom is 0.193 e. The molecule has 4 nitrogen and oxygen atoms in total. The first kappa shape index (κ1) is 16.7. The van der Waals surface area contributed by atoms with Crippen LogP contribution < -0.4 is 4.74 Å². The molecular weight excluding hydrogens is 320 g/mol. The quantitative estimate of drug-likeness (QED) is 0.612. The fourth-order valence-corrected chi connectivity index (χ4v) is 2.87. The minimum atomic E-state index is -0.152. The van der Waals surface area contributed by atoms with Gasteiger partial charge in [-0.15, -0.1) is 0 Å². The monoisotopic (exact) mass is 342 g/mol. The van der Waals surface area contributed by atoms with Crippen LogP contribution in [0.5, 0.6) is 5.75 Å². The summed E-state index contributed by atoms with van der Waals surface area (Å²) in [4.78, 5) is 0. The summed E-state index contributed by atoms with van der Waals surface area (Å²) in [6.45, 7) is 10.3. The summed E-state index contributed by atoms with van der Waals surface area (Å²) in [6, 6.07) is 7.92. The van der Waals surface area contributed by atoms with Crippen molar-refractivity contribution in [2.24, 2.45) is 0 Å². The topological polar surface area (TPSA) is 51.0 Å². The number of hydrogen-bond donors (Lipinski definition) is 1. The Morgan fingerprint density at radius 2 is 1.88 bits per heavy atom. The minimum Gasteiger partial charge on any atom is -0.484 e. The van der Waals surface area contributed by atoms with Crippen molar-refractivity contribution in [3.8, 4) is 5.75 Å². The number of aromatic nitrogens is 2. The average Bonchev–Trinajstić information content (AvgIpc) is 3.03. The maximum atomic E-state index is 6.04. The van der Waals surface area contributed by atoms with Crippen molar-refractivity contribution in [1.29, 1.82) is 0 Å². The van der Waals surface area contributed by atoms with E-state index < -0.39 is 0 Å². The lowest BCUT2D eigenvalue weighted by molar-refractivity contribution is 0.222. The van der Waals surface area contributed by atoms with Crippen LogP contribution in [-0.2, 0) is 0 Å². The van der Waals surface area contributed by atoms with Crippen molar-refractivity contribution in [3.05, 3.63) is 51.5 Å². The van der Waals surface area contributed by atoms with E-state index in [9.17, 15) is 0 Å². The largest absolute Gasteiger partial charge is 0.484 e. The van der Waals surface area contributed by atoms with Crippen LogP contribution in [0, 0.1) is 18.6 Å². The standard InChI is InChI=1S/C19H22N2O2S/c1-10(2)16-9-17(21-20-16)13(5)22-14-6-7-15-11(3)12(4)19(24)23-18(15)8-14/h6-10,13H,1-5H3,(H,20,21). The summed E-state index contributed by atoms with van der Waals surface area (Å²) < 4.78 is 12.3. The molecular formula is C19H22N2O2S. The van der Waals surface area contributed by atoms with Gasteiger partial charge in [0.15, 0.2) is 4.71 Å². The lowest BCUT2D eigenvalue weighted by Gasteiger charge is -2.13. The van der Waals surface area contributed by atoms with E-state index in [4.69, 9.17) is 21.4 Å². The second-order valence-electron chi connectivity index (χ2n) is 6.46. The van der Waals surface area contributed by atoms with Gasteiger partial charge >= 0.3 is 0 Å². The highest BCUT2D eigenvalue weighted by Crippen LogP contribution is 2.29. The third-order valence-corrected chi connectivity index (χ3v) is 4.79. The zero-order chi connectivity index (χ0) is 17.4. The van der Waals surface area contributed by atoms with Gasteiger partial charge in [0.1, 0.15) is 23.1 Å². The second kappa shape index (κ2) is 6.40. The van der Waals surface area contributed by atoms with Crippen LogP contribution in [0.15, 0.2) is 28.7 Å². The summed E-state index contributed by atoms with van der Waals surface area (Å²) in [5.41, 5.74) is 4.90. The van der Waals surface area contributed by atoms with Gasteiger partial charge in [0, 0.05) is 22.7 Å². The van der Waals surface area contributed by atoms with Crippen molar-refractivity contribution in [1.82, 2.24) is 10.2 Å². The molecule has 0 saturated heterocycles. The average molecular weight is 342 g/mol. The smallest absolute Gasteiger partial charge is 0.193 e. The Hall–Kier alpha value is -2.14. The van der Waals surface area contributed by atoms with Crippen LogP contribution in [0.3, 0.4) is 0 Å². The van der Waals surface area contributed by atoms with Crippen molar-refractivity contribution in [2.75, 3.05) is 0 Å². The van der Waals surface area contributed by atoms with Gasteiger partial charge in [-0.1, -0.05) is 13.8 Å². The summed E-state index contributed by atoms with van der Waals surface area (Å²) in [5.74, 6) is 1.15. The third kappa shape index (κ3) is 3.08. The molecule has 3 rings (SSSR count). The Morgan fingerprint density at radius 3 is 2.54 bits per heavy atom. The molecule has 126 valence electrons. The number of rotatable bonds is 4. The fraction of sp³-hybridized carbons (Fsp3) is 0.368. The molecule has 3 aromatic rings. The molecule has 5 heteroatoms. The molecule has 0 radical (unpaired) electrons. The summed E-state index contributed by atoms with van der Waals surface area (Å²) >= 11 is 5.28. The van der Waals surface area contributed by atoms with Gasteiger partial charge < -0.3 is 9.15 Å². The molecule has 2 aromatic heterocycles. The van der Waals surface area contributed by atoms with E-state index in [1.807, 2.05) is 32.0 Å². The Balaban J connectivity index is 1.89. The van der Waals surface area contributed by atoms with E-state index in [0.717, 1.165) is 39.2 Å². The molecule has 1 aromatic carbocycles. The molecule has 0 aliphatic heterocycles. The molecule has 0 amide bonds. The lowest BCUT2D eigenvalue weighted by atomic mass is 10.1. The van der Waals surface area contributed by atoms with Crippen molar-refractivity contribution < 1.29 is 9.15 Å². The number of aryl methyl sites for hydroxylation is 1. The first-order valence-corrected chi connectivity index (χ1v) is 8.53. The zero-order valence-corrected chi connectivity index (χ0v) is 15.5. The van der Waals surface area contributed by atoms with Crippen LogP contribution in [0.1, 0.15) is 55.3 Å². The van der Waals surface area contributed by atoms with Crippen LogP contribution in [0.25, 0.3) is 11.0 Å². The van der Waals surface area contributed by atoms with Gasteiger partial charge in [-0.2, -0.15) is 5.10 Å². The Morgan fingerprint density at radius 1 is 1.12 bits per heavy atom. The van der Waals surface area contributed by atoms with Crippen molar-refractivity contribution >= 4 is 23.2 Å². The number of benzene rings is 1. The van der Waals surface area contributed by atoms with E-state index in [2.05, 4.69) is 37.0 Å². The normalized spacial score (nSPS) is 12.8. The molecule has 0 fully saturated rings. The van der Waals surface area contributed by atoms with Gasteiger partial charge in [0.05, 0.1) is 0 Å². The number of H-pyrrole nitrogens is 1. The number of fused-ring (bicyclic) bond motifs is 1. The van der Waals surface area contributed by atoms with E-state index in [0.29, 0.717) is 10.6 Å². The van der Waals surface area contributed by atoms with Crippen molar-refractivity contribution in [3.63, 3.8) is 0 Å². The predicted octanol–water partition coefficient (Wildman–Crippen LogP) is 5.77. The highest BCUT2D eigenvalue weighted by Gasteiger charge is 2.14. The molecule has 0 bridgehead atoms. The summed E-state index contributed by atoms with van der Waals surface area (Å²) in [6.07, 6.45) is -0.152. The van der Waals surface area contributed by atoms with E-state index in [-0.39, 0.29) is 6.10 Å². The molecule has 0 aliphatic rings. The van der Waals surface area contributed by atoms with Crippen LogP contribution >= 0.6 is 12.2 Å². The van der Waals surface area contributed by atoms with Gasteiger partial charge in [-0.3, -0.25) is 5.10 Å². The molecule has 1 N–H and O–H groups in total. The van der Waals surface area contributed by atoms with Gasteiger partial charge in [-0.25, -0.2) is 0 Å². The second-order valence-corrected chi connectivity index (χ2v) is 6.83. The minimum absolute atomic E-state index is 0.152. The first-order chi connectivity index (χ1) is 11.4. The van der Waals surface area contributed by atoms with Gasteiger partial charge in [-0.05, 0) is 62.7 Å². The van der Waals surface area contributed by atoms with Gasteiger partial charge in [0.2, 0.25) is 0 Å². The highest BCUT2D eigenvalue weighted by atomic mass is 32.1. The van der Waals surface area contributed by atoms with Crippen LogP contribution in [-0.4, -0.2) is 10.2 Å². The van der Waals surface area contributed by atoms with Crippen LogP contribution in [0.2, 0.25) is 0 Å².